The normalized spacial score (nSPS) is 14.5. The van der Waals surface area contributed by atoms with Gasteiger partial charge in [0.1, 0.15) is 0 Å². The van der Waals surface area contributed by atoms with Crippen molar-refractivity contribution < 1.29 is 13.2 Å². The number of halogens is 3. The van der Waals surface area contributed by atoms with E-state index in [4.69, 9.17) is 5.84 Å². The molecule has 0 bridgehead atoms. The predicted molar refractivity (Wildman–Crippen MR) is 39.3 cm³/mol. The van der Waals surface area contributed by atoms with Crippen molar-refractivity contribution in [3.8, 4) is 0 Å². The minimum atomic E-state index is -4.41. The van der Waals surface area contributed by atoms with Crippen LogP contribution in [0.3, 0.4) is 0 Å². The highest BCUT2D eigenvalue weighted by molar-refractivity contribution is 5.08. The molecule has 0 spiro atoms. The van der Waals surface area contributed by atoms with Gasteiger partial charge in [-0.3, -0.25) is 10.5 Å². The number of rotatable bonds is 2. The van der Waals surface area contributed by atoms with E-state index in [1.165, 1.54) is 19.3 Å². The highest BCUT2D eigenvalue weighted by atomic mass is 19.4. The Morgan fingerprint density at radius 2 is 2.23 bits per heavy atom. The first-order valence-corrected chi connectivity index (χ1v) is 3.47. The molecule has 3 N–H and O–H groups in total. The molecule has 0 fully saturated rings. The summed E-state index contributed by atoms with van der Waals surface area (Å²) in [6.07, 6.45) is -3.13. The number of aryl methyl sites for hydroxylation is 1. The van der Waals surface area contributed by atoms with Crippen LogP contribution in [0.5, 0.6) is 0 Å². The average molecular weight is 194 g/mol. The summed E-state index contributed by atoms with van der Waals surface area (Å²) in [6, 6.07) is -0.613. The summed E-state index contributed by atoms with van der Waals surface area (Å²) < 4.78 is 38.0. The van der Waals surface area contributed by atoms with Crippen LogP contribution < -0.4 is 11.3 Å². The van der Waals surface area contributed by atoms with Crippen molar-refractivity contribution in [1.82, 2.24) is 15.2 Å². The van der Waals surface area contributed by atoms with Gasteiger partial charge in [0.05, 0.1) is 5.69 Å². The minimum Gasteiger partial charge on any atom is -0.271 e. The summed E-state index contributed by atoms with van der Waals surface area (Å²) in [5.74, 6) is 4.81. The number of hydrogen-bond acceptors (Lipinski definition) is 3. The predicted octanol–water partition coefficient (Wildman–Crippen LogP) is 0.487. The van der Waals surface area contributed by atoms with Crippen LogP contribution in [0.1, 0.15) is 11.7 Å². The van der Waals surface area contributed by atoms with Crippen LogP contribution in [0.15, 0.2) is 12.3 Å². The lowest BCUT2D eigenvalue weighted by molar-refractivity contribution is -0.159. The molecule has 0 amide bonds. The zero-order valence-corrected chi connectivity index (χ0v) is 6.84. The number of nitrogens with two attached hydrogens (primary N) is 1. The van der Waals surface area contributed by atoms with Crippen molar-refractivity contribution in [2.24, 2.45) is 12.9 Å². The van der Waals surface area contributed by atoms with E-state index in [0.29, 0.717) is 0 Å². The molecule has 4 nitrogen and oxygen atoms in total. The molecule has 0 radical (unpaired) electrons. The number of aromatic nitrogens is 2. The Balaban J connectivity index is 2.98. The molecule has 1 unspecified atom stereocenters. The van der Waals surface area contributed by atoms with Crippen LogP contribution in [0.25, 0.3) is 0 Å². The fraction of sp³-hybridized carbons (Fsp3) is 0.500. The van der Waals surface area contributed by atoms with Crippen LogP contribution in [-0.2, 0) is 7.05 Å². The van der Waals surface area contributed by atoms with Gasteiger partial charge in [-0.05, 0) is 6.07 Å². The van der Waals surface area contributed by atoms with Crippen LogP contribution in [0.4, 0.5) is 13.2 Å². The van der Waals surface area contributed by atoms with Gasteiger partial charge in [-0.2, -0.15) is 18.3 Å². The molecular formula is C6H9F3N4. The molecular weight excluding hydrogens is 185 g/mol. The fourth-order valence-corrected chi connectivity index (χ4v) is 1.01. The topological polar surface area (TPSA) is 55.9 Å². The molecule has 1 atom stereocenters. The average Bonchev–Trinajstić information content (AvgIpc) is 2.35. The first-order valence-electron chi connectivity index (χ1n) is 3.47. The van der Waals surface area contributed by atoms with Gasteiger partial charge in [-0.25, -0.2) is 5.43 Å². The van der Waals surface area contributed by atoms with E-state index in [2.05, 4.69) is 5.10 Å². The minimum absolute atomic E-state index is 0.0185. The van der Waals surface area contributed by atoms with Crippen molar-refractivity contribution in [2.45, 2.75) is 12.2 Å². The van der Waals surface area contributed by atoms with E-state index in [1.54, 1.807) is 5.43 Å². The number of nitrogens with one attached hydrogen (secondary N) is 1. The van der Waals surface area contributed by atoms with Crippen molar-refractivity contribution in [3.05, 3.63) is 18.0 Å². The Hall–Kier alpha value is -1.08. The van der Waals surface area contributed by atoms with Crippen molar-refractivity contribution in [1.29, 1.82) is 0 Å². The summed E-state index contributed by atoms with van der Waals surface area (Å²) in [6.45, 7) is 0. The quantitative estimate of drug-likeness (QED) is 0.532. The number of alkyl halides is 3. The van der Waals surface area contributed by atoms with Crippen molar-refractivity contribution >= 4 is 0 Å². The van der Waals surface area contributed by atoms with Gasteiger partial charge in [0.2, 0.25) is 0 Å². The third-order valence-corrected chi connectivity index (χ3v) is 1.65. The van der Waals surface area contributed by atoms with Crippen LogP contribution >= 0.6 is 0 Å². The van der Waals surface area contributed by atoms with E-state index in [0.717, 1.165) is 4.68 Å². The number of hydrazine groups is 1. The Morgan fingerprint density at radius 3 is 2.54 bits per heavy atom. The van der Waals surface area contributed by atoms with E-state index in [-0.39, 0.29) is 5.69 Å². The lowest BCUT2D eigenvalue weighted by Crippen LogP contribution is -2.39. The molecule has 0 aliphatic rings. The molecule has 0 saturated heterocycles. The smallest absolute Gasteiger partial charge is 0.271 e. The summed E-state index contributed by atoms with van der Waals surface area (Å²) in [7, 11) is 1.42. The fourth-order valence-electron chi connectivity index (χ4n) is 1.01. The van der Waals surface area contributed by atoms with E-state index < -0.39 is 12.2 Å². The highest BCUT2D eigenvalue weighted by Crippen LogP contribution is 2.31. The molecule has 1 heterocycles. The second-order valence-electron chi connectivity index (χ2n) is 2.52. The van der Waals surface area contributed by atoms with Gasteiger partial charge in [0.25, 0.3) is 0 Å². The van der Waals surface area contributed by atoms with Crippen LogP contribution in [-0.4, -0.2) is 16.0 Å². The Labute approximate surface area is 72.5 Å². The first kappa shape index (κ1) is 10.0. The summed E-state index contributed by atoms with van der Waals surface area (Å²) in [4.78, 5) is 0. The SMILES string of the molecule is Cn1nccc1C(NN)C(F)(F)F. The first-order chi connectivity index (χ1) is 5.96. The van der Waals surface area contributed by atoms with Gasteiger partial charge in [-0.15, -0.1) is 0 Å². The molecule has 74 valence electrons. The monoisotopic (exact) mass is 194 g/mol. The maximum Gasteiger partial charge on any atom is 0.410 e. The van der Waals surface area contributed by atoms with Crippen LogP contribution in [0.2, 0.25) is 0 Å². The maximum absolute atomic E-state index is 12.3. The van der Waals surface area contributed by atoms with Gasteiger partial charge in [0.15, 0.2) is 6.04 Å². The van der Waals surface area contributed by atoms with Gasteiger partial charge in [-0.1, -0.05) is 0 Å². The third kappa shape index (κ3) is 1.99. The Kier molecular flexibility index (Phi) is 2.58. The second kappa shape index (κ2) is 3.35. The van der Waals surface area contributed by atoms with Gasteiger partial charge in [0, 0.05) is 13.2 Å². The third-order valence-electron chi connectivity index (χ3n) is 1.65. The zero-order valence-electron chi connectivity index (χ0n) is 6.84. The molecule has 13 heavy (non-hydrogen) atoms. The molecule has 1 rings (SSSR count). The largest absolute Gasteiger partial charge is 0.410 e. The zero-order chi connectivity index (χ0) is 10.1. The maximum atomic E-state index is 12.3. The Bertz CT molecular complexity index is 280. The molecule has 1 aromatic heterocycles. The summed E-state index contributed by atoms with van der Waals surface area (Å²) in [5, 5.41) is 3.62. The molecule has 0 saturated carbocycles. The number of nitrogens with zero attached hydrogens (tertiary/aromatic N) is 2. The highest BCUT2D eigenvalue weighted by Gasteiger charge is 2.41. The van der Waals surface area contributed by atoms with Gasteiger partial charge < -0.3 is 0 Å². The van der Waals surface area contributed by atoms with Gasteiger partial charge >= 0.3 is 6.18 Å². The van der Waals surface area contributed by atoms with Crippen molar-refractivity contribution in [3.63, 3.8) is 0 Å². The Morgan fingerprint density at radius 1 is 1.62 bits per heavy atom. The molecule has 0 aliphatic carbocycles. The van der Waals surface area contributed by atoms with E-state index >= 15 is 0 Å². The summed E-state index contributed by atoms with van der Waals surface area (Å²) in [5.41, 5.74) is 1.68. The van der Waals surface area contributed by atoms with E-state index in [1.807, 2.05) is 0 Å². The van der Waals surface area contributed by atoms with Crippen LogP contribution in [0, 0.1) is 0 Å². The molecule has 0 aliphatic heterocycles. The molecule has 0 aromatic carbocycles. The van der Waals surface area contributed by atoms with Crippen molar-refractivity contribution in [2.75, 3.05) is 0 Å². The summed E-state index contributed by atoms with van der Waals surface area (Å²) >= 11 is 0. The lowest BCUT2D eigenvalue weighted by atomic mass is 10.2. The standard InChI is InChI=1S/C6H9F3N4/c1-13-4(2-3-11-13)5(12-10)6(7,8)9/h2-3,5,12H,10H2,1H3. The molecule has 7 heteroatoms. The lowest BCUT2D eigenvalue weighted by Gasteiger charge is -2.18. The number of hydrogen-bond donors (Lipinski definition) is 2. The molecule has 1 aromatic rings. The van der Waals surface area contributed by atoms with E-state index in [9.17, 15) is 13.2 Å². The second-order valence-corrected chi connectivity index (χ2v) is 2.52.